The predicted octanol–water partition coefficient (Wildman–Crippen LogP) is 3.28. The van der Waals surface area contributed by atoms with Crippen molar-refractivity contribution in [3.8, 4) is 10.4 Å². The third kappa shape index (κ3) is 2.18. The summed E-state index contributed by atoms with van der Waals surface area (Å²) < 4.78 is 1.78. The Labute approximate surface area is 110 Å². The average Bonchev–Trinajstić information content (AvgIpc) is 2.81. The SMILES string of the molecule is Cc1cc(C(=O)O)sc1-c1cn(C)nc1C(C)C. The van der Waals surface area contributed by atoms with E-state index in [4.69, 9.17) is 5.11 Å². The van der Waals surface area contributed by atoms with Crippen LogP contribution in [0.5, 0.6) is 0 Å². The Morgan fingerprint density at radius 3 is 2.67 bits per heavy atom. The van der Waals surface area contributed by atoms with Gasteiger partial charge in [0, 0.05) is 23.7 Å². The number of hydrogen-bond donors (Lipinski definition) is 1. The van der Waals surface area contributed by atoms with Gasteiger partial charge in [-0.2, -0.15) is 5.10 Å². The topological polar surface area (TPSA) is 55.1 Å². The summed E-state index contributed by atoms with van der Waals surface area (Å²) in [7, 11) is 1.89. The third-order valence-electron chi connectivity index (χ3n) is 2.78. The summed E-state index contributed by atoms with van der Waals surface area (Å²) in [6.45, 7) is 6.12. The van der Waals surface area contributed by atoms with Crippen molar-refractivity contribution in [2.75, 3.05) is 0 Å². The molecule has 0 aliphatic carbocycles. The molecule has 96 valence electrons. The molecule has 2 aromatic heterocycles. The van der Waals surface area contributed by atoms with Crippen LogP contribution in [0.1, 0.15) is 40.7 Å². The smallest absolute Gasteiger partial charge is 0.345 e. The number of nitrogens with zero attached hydrogens (tertiary/aromatic N) is 2. The monoisotopic (exact) mass is 264 g/mol. The standard InChI is InChI=1S/C13H16N2O2S/c1-7(2)11-9(6-15(4)14-11)12-8(3)5-10(18-12)13(16)17/h5-7H,1-4H3,(H,16,17). The molecule has 4 nitrogen and oxygen atoms in total. The van der Waals surface area contributed by atoms with Gasteiger partial charge in [-0.05, 0) is 24.5 Å². The molecule has 0 amide bonds. The van der Waals surface area contributed by atoms with Gasteiger partial charge >= 0.3 is 5.97 Å². The van der Waals surface area contributed by atoms with Gasteiger partial charge in [-0.1, -0.05) is 13.8 Å². The number of thiophene rings is 1. The average molecular weight is 264 g/mol. The Balaban J connectivity index is 2.58. The molecule has 0 aliphatic rings. The molecule has 2 rings (SSSR count). The first kappa shape index (κ1) is 12.8. The van der Waals surface area contributed by atoms with Crippen molar-refractivity contribution in [3.05, 3.63) is 28.4 Å². The van der Waals surface area contributed by atoms with E-state index in [1.54, 1.807) is 10.7 Å². The van der Waals surface area contributed by atoms with Gasteiger partial charge < -0.3 is 5.11 Å². The van der Waals surface area contributed by atoms with Crippen LogP contribution in [0, 0.1) is 6.92 Å². The minimum Gasteiger partial charge on any atom is -0.477 e. The van der Waals surface area contributed by atoms with Gasteiger partial charge in [0.05, 0.1) is 5.69 Å². The van der Waals surface area contributed by atoms with E-state index >= 15 is 0 Å². The zero-order valence-electron chi connectivity index (χ0n) is 10.9. The van der Waals surface area contributed by atoms with Crippen molar-refractivity contribution in [1.82, 2.24) is 9.78 Å². The zero-order valence-corrected chi connectivity index (χ0v) is 11.7. The highest BCUT2D eigenvalue weighted by Crippen LogP contribution is 2.36. The molecule has 1 N–H and O–H groups in total. The second-order valence-corrected chi connectivity index (χ2v) is 5.74. The molecule has 0 aromatic carbocycles. The fraction of sp³-hybridized carbons (Fsp3) is 0.385. The molecule has 0 bridgehead atoms. The van der Waals surface area contributed by atoms with E-state index in [0.717, 1.165) is 21.7 Å². The molecule has 0 spiro atoms. The normalized spacial score (nSPS) is 11.2. The summed E-state index contributed by atoms with van der Waals surface area (Å²) >= 11 is 1.31. The van der Waals surface area contributed by atoms with Crippen LogP contribution >= 0.6 is 11.3 Å². The summed E-state index contributed by atoms with van der Waals surface area (Å²) in [5.41, 5.74) is 3.05. The Morgan fingerprint density at radius 1 is 1.50 bits per heavy atom. The number of carboxylic acid groups (broad SMARTS) is 1. The van der Waals surface area contributed by atoms with Crippen LogP contribution in [0.3, 0.4) is 0 Å². The summed E-state index contributed by atoms with van der Waals surface area (Å²) in [6.07, 6.45) is 1.96. The maximum atomic E-state index is 11.0. The van der Waals surface area contributed by atoms with E-state index < -0.39 is 5.97 Å². The Kier molecular flexibility index (Phi) is 3.26. The number of carbonyl (C=O) groups is 1. The predicted molar refractivity (Wildman–Crippen MR) is 72.3 cm³/mol. The first-order chi connectivity index (χ1) is 8.40. The van der Waals surface area contributed by atoms with E-state index in [1.807, 2.05) is 20.2 Å². The minimum atomic E-state index is -0.871. The van der Waals surface area contributed by atoms with Gasteiger partial charge in [-0.15, -0.1) is 11.3 Å². The second-order valence-electron chi connectivity index (χ2n) is 4.68. The number of aromatic nitrogens is 2. The molecule has 5 heteroatoms. The van der Waals surface area contributed by atoms with Crippen LogP contribution in [0.4, 0.5) is 0 Å². The molecule has 0 aliphatic heterocycles. The van der Waals surface area contributed by atoms with Crippen molar-refractivity contribution in [2.45, 2.75) is 26.7 Å². The quantitative estimate of drug-likeness (QED) is 0.925. The summed E-state index contributed by atoms with van der Waals surface area (Å²) in [6, 6.07) is 1.72. The highest BCUT2D eigenvalue weighted by atomic mass is 32.1. The number of carboxylic acids is 1. The van der Waals surface area contributed by atoms with E-state index in [0.29, 0.717) is 10.8 Å². The van der Waals surface area contributed by atoms with Gasteiger partial charge in [0.15, 0.2) is 0 Å². The van der Waals surface area contributed by atoms with Crippen molar-refractivity contribution >= 4 is 17.3 Å². The minimum absolute atomic E-state index is 0.316. The van der Waals surface area contributed by atoms with Crippen molar-refractivity contribution in [3.63, 3.8) is 0 Å². The Morgan fingerprint density at radius 2 is 2.17 bits per heavy atom. The molecule has 0 saturated heterocycles. The van der Waals surface area contributed by atoms with Crippen LogP contribution in [0.25, 0.3) is 10.4 Å². The molecule has 0 fully saturated rings. The summed E-state index contributed by atoms with van der Waals surface area (Å²) in [5, 5.41) is 13.5. The van der Waals surface area contributed by atoms with E-state index in [1.165, 1.54) is 11.3 Å². The first-order valence-corrected chi connectivity index (χ1v) is 6.59. The second kappa shape index (κ2) is 4.57. The maximum Gasteiger partial charge on any atom is 0.345 e. The third-order valence-corrected chi connectivity index (χ3v) is 4.04. The maximum absolute atomic E-state index is 11.0. The van der Waals surface area contributed by atoms with Gasteiger partial charge in [0.2, 0.25) is 0 Å². The fourth-order valence-corrected chi connectivity index (χ4v) is 2.99. The number of aromatic carboxylic acids is 1. The Hall–Kier alpha value is -1.62. The van der Waals surface area contributed by atoms with Gasteiger partial charge in [0.1, 0.15) is 4.88 Å². The lowest BCUT2D eigenvalue weighted by Gasteiger charge is -2.03. The molecule has 0 unspecified atom stereocenters. The van der Waals surface area contributed by atoms with Crippen LogP contribution in [-0.2, 0) is 7.05 Å². The molecule has 0 atom stereocenters. The molecule has 0 saturated carbocycles. The molecule has 2 aromatic rings. The number of hydrogen-bond acceptors (Lipinski definition) is 3. The lowest BCUT2D eigenvalue weighted by Crippen LogP contribution is -1.93. The van der Waals surface area contributed by atoms with Crippen molar-refractivity contribution in [1.29, 1.82) is 0 Å². The number of rotatable bonds is 3. The first-order valence-electron chi connectivity index (χ1n) is 5.77. The van der Waals surface area contributed by atoms with E-state index in [-0.39, 0.29) is 0 Å². The Bertz CT molecular complexity index is 596. The lowest BCUT2D eigenvalue weighted by atomic mass is 10.0. The summed E-state index contributed by atoms with van der Waals surface area (Å²) in [5.74, 6) is -0.555. The van der Waals surface area contributed by atoms with E-state index in [2.05, 4.69) is 18.9 Å². The highest BCUT2D eigenvalue weighted by molar-refractivity contribution is 7.17. The van der Waals surface area contributed by atoms with Gasteiger partial charge in [-0.3, -0.25) is 4.68 Å². The van der Waals surface area contributed by atoms with Crippen LogP contribution < -0.4 is 0 Å². The number of aryl methyl sites for hydroxylation is 2. The summed E-state index contributed by atoms with van der Waals surface area (Å²) in [4.78, 5) is 12.4. The van der Waals surface area contributed by atoms with Crippen molar-refractivity contribution < 1.29 is 9.90 Å². The molecular weight excluding hydrogens is 248 g/mol. The van der Waals surface area contributed by atoms with E-state index in [9.17, 15) is 4.79 Å². The molecule has 2 heterocycles. The highest BCUT2D eigenvalue weighted by Gasteiger charge is 2.19. The fourth-order valence-electron chi connectivity index (χ4n) is 1.96. The largest absolute Gasteiger partial charge is 0.477 e. The van der Waals surface area contributed by atoms with Crippen molar-refractivity contribution in [2.24, 2.45) is 7.05 Å². The molecule has 0 radical (unpaired) electrons. The van der Waals surface area contributed by atoms with Crippen LogP contribution in [0.2, 0.25) is 0 Å². The molecular formula is C13H16N2O2S. The molecule has 18 heavy (non-hydrogen) atoms. The zero-order chi connectivity index (χ0) is 13.4. The van der Waals surface area contributed by atoms with Crippen LogP contribution in [0.15, 0.2) is 12.3 Å². The van der Waals surface area contributed by atoms with Crippen LogP contribution in [-0.4, -0.2) is 20.9 Å². The lowest BCUT2D eigenvalue weighted by molar-refractivity contribution is 0.0702. The van der Waals surface area contributed by atoms with Gasteiger partial charge in [-0.25, -0.2) is 4.79 Å². The van der Waals surface area contributed by atoms with Gasteiger partial charge in [0.25, 0.3) is 0 Å².